The number of halogens is 1. The maximum atomic E-state index is 13.2. The van der Waals surface area contributed by atoms with Gasteiger partial charge in [-0.05, 0) is 36.8 Å². The Labute approximate surface area is 150 Å². The lowest BCUT2D eigenvalue weighted by Gasteiger charge is -2.16. The number of ether oxygens (including phenoxy) is 1. The zero-order chi connectivity index (χ0) is 17.8. The van der Waals surface area contributed by atoms with Gasteiger partial charge in [-0.1, -0.05) is 36.9 Å². The van der Waals surface area contributed by atoms with Crippen LogP contribution in [0.5, 0.6) is 5.75 Å². The number of carbonyl (C=O) groups is 1. The number of amidine groups is 1. The van der Waals surface area contributed by atoms with Gasteiger partial charge in [-0.15, -0.1) is 0 Å². The van der Waals surface area contributed by atoms with Gasteiger partial charge in [-0.3, -0.25) is 9.69 Å². The summed E-state index contributed by atoms with van der Waals surface area (Å²) < 4.78 is 18.6. The lowest BCUT2D eigenvalue weighted by Crippen LogP contribution is -2.36. The molecule has 130 valence electrons. The molecule has 0 bridgehead atoms. The van der Waals surface area contributed by atoms with Crippen LogP contribution in [-0.2, 0) is 4.79 Å². The summed E-state index contributed by atoms with van der Waals surface area (Å²) in [6, 6.07) is 13.6. The molecule has 4 nitrogen and oxygen atoms in total. The summed E-state index contributed by atoms with van der Waals surface area (Å²) in [5.41, 5.74) is 1.94. The molecule has 0 aliphatic carbocycles. The van der Waals surface area contributed by atoms with Crippen molar-refractivity contribution in [1.29, 1.82) is 0 Å². The second-order valence-corrected chi connectivity index (χ2v) is 7.32. The van der Waals surface area contributed by atoms with E-state index in [1.165, 1.54) is 12.1 Å². The Morgan fingerprint density at radius 3 is 2.88 bits per heavy atom. The molecule has 1 atom stereocenters. The molecule has 1 heterocycles. The van der Waals surface area contributed by atoms with Crippen molar-refractivity contribution in [3.63, 3.8) is 0 Å². The fourth-order valence-corrected chi connectivity index (χ4v) is 3.54. The molecule has 1 aliphatic heterocycles. The highest BCUT2D eigenvalue weighted by molar-refractivity contribution is 8.14. The minimum Gasteiger partial charge on any atom is -0.484 e. The van der Waals surface area contributed by atoms with Crippen molar-refractivity contribution < 1.29 is 13.9 Å². The van der Waals surface area contributed by atoms with Gasteiger partial charge < -0.3 is 4.74 Å². The number of hydrogen-bond acceptors (Lipinski definition) is 4. The summed E-state index contributed by atoms with van der Waals surface area (Å²) >= 11 is 1.57. The van der Waals surface area contributed by atoms with E-state index in [0.717, 1.165) is 11.3 Å². The predicted octanol–water partition coefficient (Wildman–Crippen LogP) is 4.16. The van der Waals surface area contributed by atoms with E-state index in [4.69, 9.17) is 4.74 Å². The van der Waals surface area contributed by atoms with Crippen LogP contribution in [0.15, 0.2) is 53.5 Å². The molecule has 2 aromatic rings. The molecule has 0 saturated carbocycles. The first-order valence-electron chi connectivity index (χ1n) is 8.02. The third kappa shape index (κ3) is 4.60. The number of carbonyl (C=O) groups excluding carboxylic acids is 1. The molecule has 6 heteroatoms. The van der Waals surface area contributed by atoms with Crippen LogP contribution in [-0.4, -0.2) is 34.4 Å². The van der Waals surface area contributed by atoms with Gasteiger partial charge in [0.15, 0.2) is 11.8 Å². The Kier molecular flexibility index (Phi) is 5.38. The number of nitrogens with zero attached hydrogens (tertiary/aromatic N) is 2. The maximum Gasteiger partial charge on any atom is 0.266 e. The van der Waals surface area contributed by atoms with E-state index in [-0.39, 0.29) is 17.8 Å². The number of aryl methyl sites for hydroxylation is 1. The van der Waals surface area contributed by atoms with E-state index in [0.29, 0.717) is 17.5 Å². The van der Waals surface area contributed by atoms with Gasteiger partial charge in [0.05, 0.1) is 5.69 Å². The molecule has 0 N–H and O–H groups in total. The molecule has 0 aromatic heterocycles. The van der Waals surface area contributed by atoms with Crippen LogP contribution in [0.4, 0.5) is 10.1 Å². The van der Waals surface area contributed by atoms with Crippen molar-refractivity contribution in [2.24, 2.45) is 4.99 Å². The van der Waals surface area contributed by atoms with E-state index in [2.05, 4.69) is 11.9 Å². The Balaban J connectivity index is 1.71. The largest absolute Gasteiger partial charge is 0.484 e. The van der Waals surface area contributed by atoms with Crippen LogP contribution in [0.3, 0.4) is 0 Å². The van der Waals surface area contributed by atoms with Crippen molar-refractivity contribution in [3.8, 4) is 5.75 Å². The molecule has 1 fully saturated rings. The first kappa shape index (κ1) is 17.5. The maximum absolute atomic E-state index is 13.2. The normalized spacial score (nSPS) is 18.6. The lowest BCUT2D eigenvalue weighted by molar-refractivity contribution is -0.129. The molecule has 2 aromatic carbocycles. The van der Waals surface area contributed by atoms with Crippen molar-refractivity contribution in [1.82, 2.24) is 4.90 Å². The molecule has 1 saturated heterocycles. The number of thioether (sulfide) groups is 1. The van der Waals surface area contributed by atoms with E-state index in [9.17, 15) is 9.18 Å². The fourth-order valence-electron chi connectivity index (χ4n) is 2.50. The Bertz CT molecular complexity index is 810. The van der Waals surface area contributed by atoms with Crippen molar-refractivity contribution in [2.75, 3.05) is 13.2 Å². The third-order valence-corrected chi connectivity index (χ3v) is 4.74. The summed E-state index contributed by atoms with van der Waals surface area (Å²) in [5, 5.41) is 0.938. The molecule has 25 heavy (non-hydrogen) atoms. The standard InChI is InChI=1S/C19H19FN2O2S/c1-13-5-3-7-16(9-13)21-19-22(11-14(2)25-19)18(23)12-24-17-8-4-6-15(20)10-17/h3-10,14H,11-12H2,1-2H3/t14-/m1/s1. The van der Waals surface area contributed by atoms with E-state index in [1.54, 1.807) is 28.8 Å². The molecular weight excluding hydrogens is 339 g/mol. The summed E-state index contributed by atoms with van der Waals surface area (Å²) in [6.07, 6.45) is 0. The smallest absolute Gasteiger partial charge is 0.266 e. The SMILES string of the molecule is Cc1cccc(N=C2S[C@H](C)CN2C(=O)COc2cccc(F)c2)c1. The number of hydrogen-bond donors (Lipinski definition) is 0. The first-order chi connectivity index (χ1) is 12.0. The lowest BCUT2D eigenvalue weighted by atomic mass is 10.2. The van der Waals surface area contributed by atoms with Gasteiger partial charge in [-0.25, -0.2) is 9.38 Å². The highest BCUT2D eigenvalue weighted by Crippen LogP contribution is 2.28. The predicted molar refractivity (Wildman–Crippen MR) is 98.9 cm³/mol. The first-order valence-corrected chi connectivity index (χ1v) is 8.90. The second kappa shape index (κ2) is 7.70. The van der Waals surface area contributed by atoms with Gasteiger partial charge in [0.1, 0.15) is 11.6 Å². The van der Waals surface area contributed by atoms with E-state index >= 15 is 0 Å². The van der Waals surface area contributed by atoms with Crippen LogP contribution in [0, 0.1) is 12.7 Å². The topological polar surface area (TPSA) is 41.9 Å². The summed E-state index contributed by atoms with van der Waals surface area (Å²) in [4.78, 5) is 18.8. The fraction of sp³-hybridized carbons (Fsp3) is 0.263. The molecule has 1 aliphatic rings. The highest BCUT2D eigenvalue weighted by atomic mass is 32.2. The van der Waals surface area contributed by atoms with Gasteiger partial charge in [-0.2, -0.15) is 0 Å². The van der Waals surface area contributed by atoms with Gasteiger partial charge in [0.2, 0.25) is 0 Å². The average molecular weight is 358 g/mol. The van der Waals surface area contributed by atoms with Crippen LogP contribution in [0.1, 0.15) is 12.5 Å². The van der Waals surface area contributed by atoms with Gasteiger partial charge in [0.25, 0.3) is 5.91 Å². The van der Waals surface area contributed by atoms with E-state index in [1.807, 2.05) is 31.2 Å². The summed E-state index contributed by atoms with van der Waals surface area (Å²) in [5.74, 6) is -0.241. The van der Waals surface area contributed by atoms with Crippen LogP contribution >= 0.6 is 11.8 Å². The Morgan fingerprint density at radius 1 is 1.32 bits per heavy atom. The van der Waals surface area contributed by atoms with Crippen LogP contribution in [0.2, 0.25) is 0 Å². The molecule has 0 spiro atoms. The van der Waals surface area contributed by atoms with Gasteiger partial charge >= 0.3 is 0 Å². The zero-order valence-corrected chi connectivity index (χ0v) is 14.9. The highest BCUT2D eigenvalue weighted by Gasteiger charge is 2.31. The zero-order valence-electron chi connectivity index (χ0n) is 14.1. The van der Waals surface area contributed by atoms with E-state index < -0.39 is 5.82 Å². The minimum absolute atomic E-state index is 0.149. The van der Waals surface area contributed by atoms with Crippen LogP contribution in [0.25, 0.3) is 0 Å². The van der Waals surface area contributed by atoms with Crippen molar-refractivity contribution in [3.05, 3.63) is 59.9 Å². The molecule has 1 amide bonds. The molecular formula is C19H19FN2O2S. The van der Waals surface area contributed by atoms with Crippen molar-refractivity contribution in [2.45, 2.75) is 19.1 Å². The van der Waals surface area contributed by atoms with Gasteiger partial charge in [0, 0.05) is 17.9 Å². The van der Waals surface area contributed by atoms with Crippen LogP contribution < -0.4 is 4.74 Å². The summed E-state index contributed by atoms with van der Waals surface area (Å²) in [6.45, 7) is 4.49. The third-order valence-electron chi connectivity index (χ3n) is 3.66. The molecule has 0 radical (unpaired) electrons. The number of rotatable bonds is 4. The average Bonchev–Trinajstić information content (AvgIpc) is 2.93. The number of aliphatic imine (C=N–C) groups is 1. The quantitative estimate of drug-likeness (QED) is 0.824. The molecule has 0 unspecified atom stereocenters. The second-order valence-electron chi connectivity index (χ2n) is 5.91. The monoisotopic (exact) mass is 358 g/mol. The minimum atomic E-state index is -0.392. The molecule has 3 rings (SSSR count). The number of amides is 1. The Morgan fingerprint density at radius 2 is 2.12 bits per heavy atom. The summed E-state index contributed by atoms with van der Waals surface area (Å²) in [7, 11) is 0. The Hall–Kier alpha value is -2.34. The van der Waals surface area contributed by atoms with Crippen molar-refractivity contribution >= 4 is 28.5 Å². The number of benzene rings is 2.